The third-order valence-corrected chi connectivity index (χ3v) is 3.20. The van der Waals surface area contributed by atoms with Gasteiger partial charge in [0.25, 0.3) is 0 Å². The number of hydrogen-bond acceptors (Lipinski definition) is 4. The fourth-order valence-electron chi connectivity index (χ4n) is 2.11. The summed E-state index contributed by atoms with van der Waals surface area (Å²) in [6.07, 6.45) is 1.43. The third kappa shape index (κ3) is 2.85. The SMILES string of the molecule is Cc1noc(C)c1CC(=O)N1CCCNCC1. The number of carbonyl (C=O) groups is 1. The molecule has 5 heteroatoms. The number of hydrogen-bond donors (Lipinski definition) is 1. The van der Waals surface area contributed by atoms with Crippen molar-refractivity contribution in [1.29, 1.82) is 0 Å². The molecule has 2 rings (SSSR count). The normalized spacial score (nSPS) is 16.9. The zero-order chi connectivity index (χ0) is 12.3. The van der Waals surface area contributed by atoms with E-state index in [1.165, 1.54) is 0 Å². The number of rotatable bonds is 2. The van der Waals surface area contributed by atoms with Gasteiger partial charge in [0, 0.05) is 25.2 Å². The molecule has 0 unspecified atom stereocenters. The van der Waals surface area contributed by atoms with Gasteiger partial charge in [-0.05, 0) is 26.8 Å². The summed E-state index contributed by atoms with van der Waals surface area (Å²) >= 11 is 0. The van der Waals surface area contributed by atoms with Crippen LogP contribution in [0.2, 0.25) is 0 Å². The first kappa shape index (κ1) is 12.1. The van der Waals surface area contributed by atoms with E-state index in [0.717, 1.165) is 49.6 Å². The van der Waals surface area contributed by atoms with E-state index in [9.17, 15) is 4.79 Å². The maximum Gasteiger partial charge on any atom is 0.227 e. The highest BCUT2D eigenvalue weighted by molar-refractivity contribution is 5.79. The predicted molar refractivity (Wildman–Crippen MR) is 63.7 cm³/mol. The Kier molecular flexibility index (Phi) is 3.78. The van der Waals surface area contributed by atoms with E-state index >= 15 is 0 Å². The molecule has 0 spiro atoms. The standard InChI is InChI=1S/C12H19N3O2/c1-9-11(10(2)17-14-9)8-12(16)15-6-3-4-13-5-7-15/h13H,3-8H2,1-2H3. The minimum absolute atomic E-state index is 0.170. The molecule has 0 aliphatic carbocycles. The second kappa shape index (κ2) is 5.31. The van der Waals surface area contributed by atoms with Crippen LogP contribution in [-0.2, 0) is 11.2 Å². The highest BCUT2D eigenvalue weighted by Crippen LogP contribution is 2.14. The van der Waals surface area contributed by atoms with E-state index in [1.807, 2.05) is 18.7 Å². The molecular weight excluding hydrogens is 218 g/mol. The first-order valence-corrected chi connectivity index (χ1v) is 6.08. The van der Waals surface area contributed by atoms with Crippen LogP contribution in [0.1, 0.15) is 23.4 Å². The summed E-state index contributed by atoms with van der Waals surface area (Å²) in [5, 5.41) is 7.16. The Morgan fingerprint density at radius 1 is 1.41 bits per heavy atom. The Hall–Kier alpha value is -1.36. The molecule has 1 N–H and O–H groups in total. The van der Waals surface area contributed by atoms with E-state index in [4.69, 9.17) is 4.52 Å². The molecule has 5 nitrogen and oxygen atoms in total. The monoisotopic (exact) mass is 237 g/mol. The number of amides is 1. The molecule has 1 amide bonds. The molecule has 0 radical (unpaired) electrons. The summed E-state index contributed by atoms with van der Waals surface area (Å²) in [5.41, 5.74) is 1.76. The molecule has 17 heavy (non-hydrogen) atoms. The van der Waals surface area contributed by atoms with Crippen molar-refractivity contribution in [3.8, 4) is 0 Å². The van der Waals surface area contributed by atoms with Gasteiger partial charge in [-0.2, -0.15) is 0 Å². The van der Waals surface area contributed by atoms with Crippen LogP contribution < -0.4 is 5.32 Å². The molecule has 0 bridgehead atoms. The fourth-order valence-corrected chi connectivity index (χ4v) is 2.11. The van der Waals surface area contributed by atoms with Gasteiger partial charge in [0.15, 0.2) is 0 Å². The molecule has 1 aliphatic rings. The average molecular weight is 237 g/mol. The second-order valence-corrected chi connectivity index (χ2v) is 4.46. The smallest absolute Gasteiger partial charge is 0.227 e. The highest BCUT2D eigenvalue weighted by atomic mass is 16.5. The van der Waals surface area contributed by atoms with E-state index < -0.39 is 0 Å². The van der Waals surface area contributed by atoms with Crippen LogP contribution in [0, 0.1) is 13.8 Å². The maximum atomic E-state index is 12.2. The lowest BCUT2D eigenvalue weighted by molar-refractivity contribution is -0.130. The van der Waals surface area contributed by atoms with Crippen LogP contribution >= 0.6 is 0 Å². The molecule has 0 saturated carbocycles. The molecule has 1 aliphatic heterocycles. The lowest BCUT2D eigenvalue weighted by Gasteiger charge is -2.19. The topological polar surface area (TPSA) is 58.4 Å². The van der Waals surface area contributed by atoms with Crippen molar-refractivity contribution in [1.82, 2.24) is 15.4 Å². The fraction of sp³-hybridized carbons (Fsp3) is 0.667. The lowest BCUT2D eigenvalue weighted by Crippen LogP contribution is -2.35. The van der Waals surface area contributed by atoms with Crippen LogP contribution in [0.5, 0.6) is 0 Å². The van der Waals surface area contributed by atoms with Gasteiger partial charge in [0.1, 0.15) is 5.76 Å². The average Bonchev–Trinajstić information content (AvgIpc) is 2.59. The zero-order valence-electron chi connectivity index (χ0n) is 10.5. The summed E-state index contributed by atoms with van der Waals surface area (Å²) in [6, 6.07) is 0. The molecule has 1 saturated heterocycles. The van der Waals surface area contributed by atoms with Gasteiger partial charge in [-0.1, -0.05) is 5.16 Å². The van der Waals surface area contributed by atoms with Gasteiger partial charge in [-0.25, -0.2) is 0 Å². The Morgan fingerprint density at radius 3 is 2.94 bits per heavy atom. The number of nitrogens with one attached hydrogen (secondary N) is 1. The van der Waals surface area contributed by atoms with Crippen molar-refractivity contribution >= 4 is 5.91 Å². The van der Waals surface area contributed by atoms with E-state index in [-0.39, 0.29) is 5.91 Å². The summed E-state index contributed by atoms with van der Waals surface area (Å²) < 4.78 is 5.08. The maximum absolute atomic E-state index is 12.2. The largest absolute Gasteiger partial charge is 0.361 e. The van der Waals surface area contributed by atoms with Gasteiger partial charge in [0.2, 0.25) is 5.91 Å². The summed E-state index contributed by atoms with van der Waals surface area (Å²) in [7, 11) is 0. The van der Waals surface area contributed by atoms with E-state index in [1.54, 1.807) is 0 Å². The van der Waals surface area contributed by atoms with Crippen molar-refractivity contribution < 1.29 is 9.32 Å². The van der Waals surface area contributed by atoms with Gasteiger partial charge in [-0.15, -0.1) is 0 Å². The van der Waals surface area contributed by atoms with E-state index in [2.05, 4.69) is 10.5 Å². The predicted octanol–water partition coefficient (Wildman–Crippen LogP) is 0.656. The van der Waals surface area contributed by atoms with Crippen molar-refractivity contribution in [2.45, 2.75) is 26.7 Å². The van der Waals surface area contributed by atoms with Gasteiger partial charge in [-0.3, -0.25) is 4.79 Å². The molecule has 0 atom stereocenters. The minimum atomic E-state index is 0.170. The highest BCUT2D eigenvalue weighted by Gasteiger charge is 2.19. The van der Waals surface area contributed by atoms with Crippen LogP contribution in [0.15, 0.2) is 4.52 Å². The third-order valence-electron chi connectivity index (χ3n) is 3.20. The Morgan fingerprint density at radius 2 is 2.24 bits per heavy atom. The summed E-state index contributed by atoms with van der Waals surface area (Å²) in [4.78, 5) is 14.1. The molecule has 94 valence electrons. The lowest BCUT2D eigenvalue weighted by atomic mass is 10.1. The molecule has 1 fully saturated rings. The molecule has 2 heterocycles. The molecule has 1 aromatic heterocycles. The quantitative estimate of drug-likeness (QED) is 0.820. The number of carbonyl (C=O) groups excluding carboxylic acids is 1. The van der Waals surface area contributed by atoms with Gasteiger partial charge < -0.3 is 14.7 Å². The van der Waals surface area contributed by atoms with Crippen molar-refractivity contribution in [3.63, 3.8) is 0 Å². The number of nitrogens with zero attached hydrogens (tertiary/aromatic N) is 2. The number of aromatic nitrogens is 1. The van der Waals surface area contributed by atoms with Gasteiger partial charge in [0.05, 0.1) is 12.1 Å². The first-order valence-electron chi connectivity index (χ1n) is 6.08. The second-order valence-electron chi connectivity index (χ2n) is 4.46. The van der Waals surface area contributed by atoms with Crippen LogP contribution in [-0.4, -0.2) is 42.1 Å². The zero-order valence-corrected chi connectivity index (χ0v) is 10.5. The molecule has 1 aromatic rings. The van der Waals surface area contributed by atoms with Gasteiger partial charge >= 0.3 is 0 Å². The molecular formula is C12H19N3O2. The van der Waals surface area contributed by atoms with E-state index in [0.29, 0.717) is 6.42 Å². The van der Waals surface area contributed by atoms with Crippen LogP contribution in [0.3, 0.4) is 0 Å². The van der Waals surface area contributed by atoms with Crippen LogP contribution in [0.4, 0.5) is 0 Å². The molecule has 0 aromatic carbocycles. The van der Waals surface area contributed by atoms with Crippen LogP contribution in [0.25, 0.3) is 0 Å². The first-order chi connectivity index (χ1) is 8.18. The van der Waals surface area contributed by atoms with Crippen molar-refractivity contribution in [2.75, 3.05) is 26.2 Å². The Labute approximate surface area is 101 Å². The Bertz CT molecular complexity index is 373. The summed E-state index contributed by atoms with van der Waals surface area (Å²) in [5.74, 6) is 0.923. The Balaban J connectivity index is 2.00. The van der Waals surface area contributed by atoms with Crippen molar-refractivity contribution in [2.24, 2.45) is 0 Å². The number of aryl methyl sites for hydroxylation is 2. The summed E-state index contributed by atoms with van der Waals surface area (Å²) in [6.45, 7) is 7.25. The van der Waals surface area contributed by atoms with Crippen molar-refractivity contribution in [3.05, 3.63) is 17.0 Å². The minimum Gasteiger partial charge on any atom is -0.361 e.